The summed E-state index contributed by atoms with van der Waals surface area (Å²) in [5.41, 5.74) is 1.70. The quantitative estimate of drug-likeness (QED) is 0.248. The van der Waals surface area contributed by atoms with E-state index in [0.29, 0.717) is 22.4 Å². The first kappa shape index (κ1) is 29.0. The van der Waals surface area contributed by atoms with E-state index >= 15 is 0 Å². The van der Waals surface area contributed by atoms with Crippen molar-refractivity contribution in [2.24, 2.45) is 0 Å². The summed E-state index contributed by atoms with van der Waals surface area (Å²) in [6.45, 7) is -0.0909. The SMILES string of the molecule is O=C(O)c1ccc(OCCNC(=O)[C@@H]2Cc3ccccc3N2S(=O)(=O)c2ccc(-c3ccc(F)cc3Cl)cc2)cc1F. The molecule has 0 aromatic heterocycles. The number of anilines is 1. The molecule has 1 amide bonds. The summed E-state index contributed by atoms with van der Waals surface area (Å²) in [7, 11) is -4.19. The monoisotopic (exact) mass is 612 g/mol. The molecule has 216 valence electrons. The average Bonchev–Trinajstić information content (AvgIpc) is 3.36. The molecule has 0 spiro atoms. The number of halogens is 3. The van der Waals surface area contributed by atoms with E-state index in [1.807, 2.05) is 0 Å². The zero-order valence-corrected chi connectivity index (χ0v) is 23.3. The molecule has 0 aliphatic carbocycles. The van der Waals surface area contributed by atoms with Crippen LogP contribution in [0.5, 0.6) is 5.75 Å². The molecule has 8 nitrogen and oxygen atoms in total. The van der Waals surface area contributed by atoms with Crippen LogP contribution in [0.2, 0.25) is 5.02 Å². The van der Waals surface area contributed by atoms with Crippen LogP contribution in [0.15, 0.2) is 89.8 Å². The third-order valence-electron chi connectivity index (χ3n) is 6.72. The topological polar surface area (TPSA) is 113 Å². The molecule has 42 heavy (non-hydrogen) atoms. The predicted molar refractivity (Wildman–Crippen MR) is 152 cm³/mol. The molecular weight excluding hydrogens is 590 g/mol. The van der Waals surface area contributed by atoms with Gasteiger partial charge >= 0.3 is 5.97 Å². The van der Waals surface area contributed by atoms with Gasteiger partial charge < -0.3 is 15.2 Å². The molecule has 1 aliphatic rings. The first-order valence-electron chi connectivity index (χ1n) is 12.7. The van der Waals surface area contributed by atoms with Gasteiger partial charge in [0.2, 0.25) is 5.91 Å². The molecular formula is C30H23ClF2N2O6S. The van der Waals surface area contributed by atoms with Gasteiger partial charge in [0.15, 0.2) is 0 Å². The Morgan fingerprint density at radius 2 is 1.74 bits per heavy atom. The Morgan fingerprint density at radius 1 is 1.00 bits per heavy atom. The van der Waals surface area contributed by atoms with Crippen LogP contribution in [0.1, 0.15) is 15.9 Å². The second kappa shape index (κ2) is 11.8. The second-order valence-electron chi connectivity index (χ2n) is 9.38. The van der Waals surface area contributed by atoms with Gasteiger partial charge in [-0.15, -0.1) is 0 Å². The summed E-state index contributed by atoms with van der Waals surface area (Å²) in [6, 6.07) is 18.9. The minimum absolute atomic E-state index is 0.0189. The summed E-state index contributed by atoms with van der Waals surface area (Å²) in [5.74, 6) is -3.33. The van der Waals surface area contributed by atoms with E-state index in [1.54, 1.807) is 36.4 Å². The number of carbonyl (C=O) groups is 2. The van der Waals surface area contributed by atoms with Gasteiger partial charge in [0.1, 0.15) is 30.0 Å². The number of para-hydroxylation sites is 1. The van der Waals surface area contributed by atoms with E-state index in [1.165, 1.54) is 36.4 Å². The van der Waals surface area contributed by atoms with Crippen molar-refractivity contribution < 1.29 is 36.6 Å². The number of rotatable bonds is 9. The summed E-state index contributed by atoms with van der Waals surface area (Å²) >= 11 is 6.16. The normalized spacial score (nSPS) is 14.4. The fourth-order valence-electron chi connectivity index (χ4n) is 4.72. The van der Waals surface area contributed by atoms with Crippen molar-refractivity contribution in [2.45, 2.75) is 17.4 Å². The molecule has 0 bridgehead atoms. The second-order valence-corrected chi connectivity index (χ2v) is 11.6. The fourth-order valence-corrected chi connectivity index (χ4v) is 6.64. The van der Waals surface area contributed by atoms with Crippen molar-refractivity contribution in [3.05, 3.63) is 113 Å². The lowest BCUT2D eigenvalue weighted by atomic mass is 10.1. The lowest BCUT2D eigenvalue weighted by Gasteiger charge is -2.26. The van der Waals surface area contributed by atoms with Gasteiger partial charge in [-0.2, -0.15) is 0 Å². The largest absolute Gasteiger partial charge is 0.492 e. The Bertz CT molecular complexity index is 1780. The van der Waals surface area contributed by atoms with Crippen molar-refractivity contribution >= 4 is 39.2 Å². The van der Waals surface area contributed by atoms with Crippen LogP contribution in [-0.2, 0) is 21.2 Å². The first-order chi connectivity index (χ1) is 20.1. The third kappa shape index (κ3) is 5.79. The highest BCUT2D eigenvalue weighted by atomic mass is 35.5. The molecule has 0 fully saturated rings. The number of ether oxygens (including phenoxy) is 1. The van der Waals surface area contributed by atoms with E-state index < -0.39 is 45.1 Å². The number of hydrogen-bond acceptors (Lipinski definition) is 5. The molecule has 1 atom stereocenters. The fraction of sp³-hybridized carbons (Fsp3) is 0.133. The maximum atomic E-state index is 13.9. The van der Waals surface area contributed by atoms with Crippen LogP contribution in [-0.4, -0.2) is 44.6 Å². The molecule has 4 aromatic rings. The maximum Gasteiger partial charge on any atom is 0.338 e. The molecule has 1 aliphatic heterocycles. The lowest BCUT2D eigenvalue weighted by Crippen LogP contribution is -2.48. The van der Waals surface area contributed by atoms with E-state index in [-0.39, 0.29) is 35.2 Å². The number of benzene rings is 4. The summed E-state index contributed by atoms with van der Waals surface area (Å²) in [5, 5.41) is 11.8. The highest BCUT2D eigenvalue weighted by Crippen LogP contribution is 2.37. The Labute approximate surface area is 245 Å². The summed E-state index contributed by atoms with van der Waals surface area (Å²) in [6.07, 6.45) is 0.146. The molecule has 5 rings (SSSR count). The van der Waals surface area contributed by atoms with Gasteiger partial charge in [-0.25, -0.2) is 22.0 Å². The highest BCUT2D eigenvalue weighted by Gasteiger charge is 2.42. The van der Waals surface area contributed by atoms with E-state index in [4.69, 9.17) is 21.4 Å². The lowest BCUT2D eigenvalue weighted by molar-refractivity contribution is -0.122. The van der Waals surface area contributed by atoms with Crippen molar-refractivity contribution in [1.29, 1.82) is 0 Å². The Kier molecular flexibility index (Phi) is 8.15. The number of aromatic carboxylic acids is 1. The molecule has 1 heterocycles. The Hall–Kier alpha value is -4.48. The molecule has 0 saturated heterocycles. The third-order valence-corrected chi connectivity index (χ3v) is 8.87. The number of hydrogen-bond donors (Lipinski definition) is 2. The standard InChI is InChI=1S/C30H23ClF2N2O6S/c31-25-16-20(32)7-11-23(25)18-5-9-22(10-6-18)42(39,40)35-27-4-2-1-3-19(27)15-28(35)29(36)34-13-14-41-21-8-12-24(30(37)38)26(33)17-21/h1-12,16-17,28H,13-15H2,(H,34,36)(H,37,38)/t28-/m0/s1. The molecule has 12 heteroatoms. The van der Waals surface area contributed by atoms with Crippen LogP contribution < -0.4 is 14.4 Å². The predicted octanol–water partition coefficient (Wildman–Crippen LogP) is 5.30. The Morgan fingerprint density at radius 3 is 2.43 bits per heavy atom. The molecule has 0 radical (unpaired) electrons. The van der Waals surface area contributed by atoms with E-state index in [0.717, 1.165) is 16.4 Å². The molecule has 4 aromatic carbocycles. The van der Waals surface area contributed by atoms with Crippen LogP contribution in [0, 0.1) is 11.6 Å². The smallest absolute Gasteiger partial charge is 0.338 e. The summed E-state index contributed by atoms with van der Waals surface area (Å²) < 4.78 is 61.6. The van der Waals surface area contributed by atoms with Crippen molar-refractivity contribution in [2.75, 3.05) is 17.5 Å². The number of carboxylic acids is 1. The number of carbonyl (C=O) groups excluding carboxylic acids is 1. The zero-order chi connectivity index (χ0) is 30.0. The first-order valence-corrected chi connectivity index (χ1v) is 14.5. The van der Waals surface area contributed by atoms with Crippen molar-refractivity contribution in [3.63, 3.8) is 0 Å². The van der Waals surface area contributed by atoms with Gasteiger partial charge in [-0.05, 0) is 59.7 Å². The van der Waals surface area contributed by atoms with Crippen LogP contribution in [0.3, 0.4) is 0 Å². The summed E-state index contributed by atoms with van der Waals surface area (Å²) in [4.78, 5) is 24.2. The van der Waals surface area contributed by atoms with Crippen molar-refractivity contribution in [3.8, 4) is 16.9 Å². The van der Waals surface area contributed by atoms with Gasteiger partial charge in [0.25, 0.3) is 10.0 Å². The van der Waals surface area contributed by atoms with Gasteiger partial charge in [-0.3, -0.25) is 9.10 Å². The number of carboxylic acid groups (broad SMARTS) is 1. The maximum absolute atomic E-state index is 13.9. The molecule has 0 saturated carbocycles. The Balaban J connectivity index is 1.32. The zero-order valence-electron chi connectivity index (χ0n) is 21.8. The molecule has 0 unspecified atom stereocenters. The van der Waals surface area contributed by atoms with Gasteiger partial charge in [-0.1, -0.05) is 41.9 Å². The van der Waals surface area contributed by atoms with E-state index in [2.05, 4.69) is 5.32 Å². The van der Waals surface area contributed by atoms with Crippen LogP contribution in [0.25, 0.3) is 11.1 Å². The average molecular weight is 613 g/mol. The number of nitrogens with zero attached hydrogens (tertiary/aromatic N) is 1. The number of nitrogens with one attached hydrogen (secondary N) is 1. The minimum Gasteiger partial charge on any atom is -0.492 e. The van der Waals surface area contributed by atoms with Crippen molar-refractivity contribution in [1.82, 2.24) is 5.32 Å². The van der Waals surface area contributed by atoms with Gasteiger partial charge in [0, 0.05) is 18.1 Å². The number of amides is 1. The van der Waals surface area contributed by atoms with Crippen LogP contribution >= 0.6 is 11.6 Å². The van der Waals surface area contributed by atoms with E-state index in [9.17, 15) is 26.8 Å². The van der Waals surface area contributed by atoms with Gasteiger partial charge in [0.05, 0.1) is 27.7 Å². The van der Waals surface area contributed by atoms with Crippen LogP contribution in [0.4, 0.5) is 14.5 Å². The number of fused-ring (bicyclic) bond motifs is 1. The number of sulfonamides is 1. The highest BCUT2D eigenvalue weighted by molar-refractivity contribution is 7.93. The minimum atomic E-state index is -4.19. The molecule has 2 N–H and O–H groups in total.